The number of amides is 1. The molecule has 2 N–H and O–H groups in total. The third-order valence-corrected chi connectivity index (χ3v) is 3.15. The largest absolute Gasteiger partial charge is 0.481 e. The summed E-state index contributed by atoms with van der Waals surface area (Å²) >= 11 is 5.84. The molecule has 0 aliphatic heterocycles. The number of halogens is 2. The molecule has 21 heavy (non-hydrogen) atoms. The fourth-order valence-corrected chi connectivity index (χ4v) is 1.98. The van der Waals surface area contributed by atoms with Crippen LogP contribution in [0.1, 0.15) is 31.7 Å². The average Bonchev–Trinajstić information content (AvgIpc) is 2.37. The van der Waals surface area contributed by atoms with E-state index >= 15 is 0 Å². The molecule has 1 atom stereocenters. The predicted octanol–water partition coefficient (Wildman–Crippen LogP) is 3.25. The van der Waals surface area contributed by atoms with Gasteiger partial charge in [-0.25, -0.2) is 4.39 Å². The van der Waals surface area contributed by atoms with Crippen LogP contribution in [0, 0.1) is 5.82 Å². The zero-order chi connectivity index (χ0) is 15.8. The fraction of sp³-hybridized carbons (Fsp3) is 0.333. The molecule has 0 saturated carbocycles. The molecule has 0 radical (unpaired) electrons. The molecule has 1 amide bonds. The SMILES string of the molecule is CC(CCCC(=O)O)NC(=O)/C=C/c1c(F)cccc1Cl. The van der Waals surface area contributed by atoms with Gasteiger partial charge in [0.15, 0.2) is 0 Å². The Labute approximate surface area is 127 Å². The molecule has 1 aromatic rings. The third-order valence-electron chi connectivity index (χ3n) is 2.82. The van der Waals surface area contributed by atoms with Gasteiger partial charge < -0.3 is 10.4 Å². The van der Waals surface area contributed by atoms with Crippen molar-refractivity contribution < 1.29 is 19.1 Å². The van der Waals surface area contributed by atoms with Gasteiger partial charge >= 0.3 is 5.97 Å². The lowest BCUT2D eigenvalue weighted by molar-refractivity contribution is -0.137. The third kappa shape index (κ3) is 6.40. The van der Waals surface area contributed by atoms with E-state index < -0.39 is 11.8 Å². The first kappa shape index (κ1) is 17.2. The molecule has 1 aromatic carbocycles. The van der Waals surface area contributed by atoms with E-state index in [1.165, 1.54) is 30.4 Å². The summed E-state index contributed by atoms with van der Waals surface area (Å²) in [5, 5.41) is 11.4. The standard InChI is InChI=1S/C15H17ClFNO3/c1-10(4-2-7-15(20)21)18-14(19)9-8-11-12(16)5-3-6-13(11)17/h3,5-6,8-10H,2,4,7H2,1H3,(H,18,19)(H,20,21)/b9-8+. The Hall–Kier alpha value is -1.88. The molecule has 0 fully saturated rings. The molecule has 4 nitrogen and oxygen atoms in total. The molecule has 0 bridgehead atoms. The molecule has 1 unspecified atom stereocenters. The van der Waals surface area contributed by atoms with Crippen molar-refractivity contribution in [2.45, 2.75) is 32.2 Å². The molecule has 0 saturated heterocycles. The van der Waals surface area contributed by atoms with Crippen LogP contribution in [0.4, 0.5) is 4.39 Å². The minimum absolute atomic E-state index is 0.0703. The van der Waals surface area contributed by atoms with Crippen LogP contribution in [0.3, 0.4) is 0 Å². The Kier molecular flexibility index (Phi) is 6.88. The maximum Gasteiger partial charge on any atom is 0.303 e. The van der Waals surface area contributed by atoms with Gasteiger partial charge in [-0.15, -0.1) is 0 Å². The van der Waals surface area contributed by atoms with Crippen LogP contribution in [0.15, 0.2) is 24.3 Å². The Morgan fingerprint density at radius 1 is 1.48 bits per heavy atom. The molecular weight excluding hydrogens is 297 g/mol. The first-order valence-electron chi connectivity index (χ1n) is 6.54. The molecule has 1 rings (SSSR count). The molecule has 0 aliphatic carbocycles. The van der Waals surface area contributed by atoms with Gasteiger partial charge in [0.25, 0.3) is 0 Å². The number of benzene rings is 1. The molecule has 0 spiro atoms. The lowest BCUT2D eigenvalue weighted by Crippen LogP contribution is -2.31. The van der Waals surface area contributed by atoms with Gasteiger partial charge in [0.05, 0.1) is 5.02 Å². The van der Waals surface area contributed by atoms with E-state index in [4.69, 9.17) is 16.7 Å². The smallest absolute Gasteiger partial charge is 0.303 e. The summed E-state index contributed by atoms with van der Waals surface area (Å²) in [6, 6.07) is 4.13. The van der Waals surface area contributed by atoms with Crippen molar-refractivity contribution in [2.24, 2.45) is 0 Å². The number of carboxylic acid groups (broad SMARTS) is 1. The highest BCUT2D eigenvalue weighted by molar-refractivity contribution is 6.32. The Morgan fingerprint density at radius 2 is 2.19 bits per heavy atom. The second kappa shape index (κ2) is 8.42. The number of carbonyl (C=O) groups is 2. The number of nitrogens with one attached hydrogen (secondary N) is 1. The van der Waals surface area contributed by atoms with Crippen LogP contribution in [0.5, 0.6) is 0 Å². The summed E-state index contributed by atoms with van der Waals surface area (Å²) < 4.78 is 13.5. The second-order valence-electron chi connectivity index (χ2n) is 4.66. The highest BCUT2D eigenvalue weighted by atomic mass is 35.5. The molecular formula is C15H17ClFNO3. The van der Waals surface area contributed by atoms with Crippen molar-refractivity contribution in [3.05, 3.63) is 40.7 Å². The van der Waals surface area contributed by atoms with Gasteiger partial charge in [0.2, 0.25) is 5.91 Å². The average molecular weight is 314 g/mol. The van der Waals surface area contributed by atoms with Crippen LogP contribution in [-0.2, 0) is 9.59 Å². The van der Waals surface area contributed by atoms with Crippen LogP contribution < -0.4 is 5.32 Å². The van der Waals surface area contributed by atoms with Crippen molar-refractivity contribution in [3.8, 4) is 0 Å². The van der Waals surface area contributed by atoms with Gasteiger partial charge in [-0.05, 0) is 38.0 Å². The first-order valence-corrected chi connectivity index (χ1v) is 6.92. The van der Waals surface area contributed by atoms with Gasteiger partial charge in [-0.3, -0.25) is 9.59 Å². The Morgan fingerprint density at radius 3 is 2.81 bits per heavy atom. The first-order chi connectivity index (χ1) is 9.90. The van der Waals surface area contributed by atoms with E-state index in [0.29, 0.717) is 12.8 Å². The topological polar surface area (TPSA) is 66.4 Å². The van der Waals surface area contributed by atoms with Crippen molar-refractivity contribution in [1.82, 2.24) is 5.32 Å². The van der Waals surface area contributed by atoms with E-state index in [9.17, 15) is 14.0 Å². The van der Waals surface area contributed by atoms with Crippen LogP contribution in [-0.4, -0.2) is 23.0 Å². The molecule has 0 heterocycles. The van der Waals surface area contributed by atoms with Gasteiger partial charge in [-0.2, -0.15) is 0 Å². The van der Waals surface area contributed by atoms with E-state index in [1.54, 1.807) is 6.92 Å². The number of aliphatic carboxylic acids is 1. The monoisotopic (exact) mass is 313 g/mol. The number of rotatable bonds is 7. The van der Waals surface area contributed by atoms with Crippen molar-refractivity contribution in [3.63, 3.8) is 0 Å². The fourth-order valence-electron chi connectivity index (χ4n) is 1.75. The van der Waals surface area contributed by atoms with Crippen molar-refractivity contribution >= 4 is 29.6 Å². The number of carboxylic acids is 1. The van der Waals surface area contributed by atoms with Gasteiger partial charge in [-0.1, -0.05) is 17.7 Å². The number of hydrogen-bond donors (Lipinski definition) is 2. The highest BCUT2D eigenvalue weighted by Crippen LogP contribution is 2.20. The minimum Gasteiger partial charge on any atom is -0.481 e. The number of carbonyl (C=O) groups excluding carboxylic acids is 1. The molecule has 0 aromatic heterocycles. The summed E-state index contributed by atoms with van der Waals surface area (Å²) in [6.45, 7) is 1.78. The summed E-state index contributed by atoms with van der Waals surface area (Å²) in [6.07, 6.45) is 3.64. The summed E-state index contributed by atoms with van der Waals surface area (Å²) in [5.41, 5.74) is 0.160. The van der Waals surface area contributed by atoms with Crippen LogP contribution >= 0.6 is 11.6 Å². The van der Waals surface area contributed by atoms with Crippen LogP contribution in [0.2, 0.25) is 5.02 Å². The van der Waals surface area contributed by atoms with E-state index in [2.05, 4.69) is 5.32 Å². The van der Waals surface area contributed by atoms with Gasteiger partial charge in [0, 0.05) is 24.1 Å². The quantitative estimate of drug-likeness (QED) is 0.759. The minimum atomic E-state index is -0.859. The summed E-state index contributed by atoms with van der Waals surface area (Å²) in [4.78, 5) is 22.0. The highest BCUT2D eigenvalue weighted by Gasteiger charge is 2.07. The molecule has 6 heteroatoms. The van der Waals surface area contributed by atoms with E-state index in [0.717, 1.165) is 0 Å². The van der Waals surface area contributed by atoms with Gasteiger partial charge in [0.1, 0.15) is 5.82 Å². The lowest BCUT2D eigenvalue weighted by atomic mass is 10.1. The Bertz CT molecular complexity index is 525. The van der Waals surface area contributed by atoms with Crippen molar-refractivity contribution in [2.75, 3.05) is 0 Å². The van der Waals surface area contributed by atoms with Crippen molar-refractivity contribution in [1.29, 1.82) is 0 Å². The molecule has 114 valence electrons. The van der Waals surface area contributed by atoms with E-state index in [1.807, 2.05) is 0 Å². The zero-order valence-corrected chi connectivity index (χ0v) is 12.4. The van der Waals surface area contributed by atoms with Crippen LogP contribution in [0.25, 0.3) is 6.08 Å². The second-order valence-corrected chi connectivity index (χ2v) is 5.07. The Balaban J connectivity index is 2.49. The normalized spacial score (nSPS) is 12.3. The summed E-state index contributed by atoms with van der Waals surface area (Å²) in [7, 11) is 0. The predicted molar refractivity (Wildman–Crippen MR) is 79.5 cm³/mol. The summed E-state index contributed by atoms with van der Waals surface area (Å²) in [5.74, 6) is -1.74. The lowest BCUT2D eigenvalue weighted by Gasteiger charge is -2.11. The zero-order valence-electron chi connectivity index (χ0n) is 11.6. The van der Waals surface area contributed by atoms with E-state index in [-0.39, 0.29) is 29.0 Å². The maximum atomic E-state index is 13.5. The number of hydrogen-bond acceptors (Lipinski definition) is 2. The maximum absolute atomic E-state index is 13.5. The molecule has 0 aliphatic rings.